The number of carbonyl (C=O) groups is 3. The fraction of sp³-hybridized carbons (Fsp3) is 0.619. The molecule has 0 radical (unpaired) electrons. The van der Waals surface area contributed by atoms with Gasteiger partial charge in [0.15, 0.2) is 0 Å². The Bertz CT molecular complexity index is 704. The zero-order valence-electron chi connectivity index (χ0n) is 16.9. The molecule has 8 nitrogen and oxygen atoms in total. The number of carbonyl (C=O) groups excluding carboxylic acids is 3. The van der Waals surface area contributed by atoms with Gasteiger partial charge in [-0.15, -0.1) is 0 Å². The highest BCUT2D eigenvalue weighted by Crippen LogP contribution is 2.24. The van der Waals surface area contributed by atoms with Crippen LogP contribution in [0.4, 0.5) is 0 Å². The zero-order chi connectivity index (χ0) is 20.6. The molecule has 1 aromatic rings. The molecule has 3 rings (SSSR count). The number of amides is 3. The number of hydrogen-bond donors (Lipinski definition) is 2. The highest BCUT2D eigenvalue weighted by Gasteiger charge is 2.32. The molecule has 1 aromatic heterocycles. The smallest absolute Gasteiger partial charge is 0.224 e. The van der Waals surface area contributed by atoms with Gasteiger partial charge >= 0.3 is 0 Å². The highest BCUT2D eigenvalue weighted by molar-refractivity contribution is 5.83. The Morgan fingerprint density at radius 3 is 2.59 bits per heavy atom. The predicted octanol–water partition coefficient (Wildman–Crippen LogP) is 0.666. The van der Waals surface area contributed by atoms with Gasteiger partial charge in [0, 0.05) is 44.7 Å². The molecule has 3 heterocycles. The third-order valence-corrected chi connectivity index (χ3v) is 5.91. The number of nitrogens with one attached hydrogen (secondary N) is 1. The Morgan fingerprint density at radius 1 is 1.10 bits per heavy atom. The lowest BCUT2D eigenvalue weighted by Crippen LogP contribution is -2.51. The molecule has 2 aliphatic rings. The van der Waals surface area contributed by atoms with E-state index in [1.165, 1.54) is 0 Å². The van der Waals surface area contributed by atoms with Crippen molar-refractivity contribution in [2.24, 2.45) is 11.7 Å². The molecule has 1 unspecified atom stereocenters. The van der Waals surface area contributed by atoms with Crippen molar-refractivity contribution in [3.05, 3.63) is 30.1 Å². The Labute approximate surface area is 171 Å². The number of pyridine rings is 1. The zero-order valence-corrected chi connectivity index (χ0v) is 16.9. The maximum absolute atomic E-state index is 12.6. The second kappa shape index (κ2) is 10.3. The van der Waals surface area contributed by atoms with Crippen LogP contribution in [0.1, 0.15) is 44.2 Å². The molecular formula is C21H31N5O3. The molecule has 3 amide bonds. The first-order valence-corrected chi connectivity index (χ1v) is 10.5. The normalized spacial score (nSPS) is 21.0. The Hall–Kier alpha value is -2.48. The lowest BCUT2D eigenvalue weighted by molar-refractivity contribution is -0.134. The number of piperidine rings is 2. The molecule has 0 bridgehead atoms. The largest absolute Gasteiger partial charge is 0.370 e. The Balaban J connectivity index is 1.43. The Kier molecular flexibility index (Phi) is 7.57. The van der Waals surface area contributed by atoms with Gasteiger partial charge in [-0.1, -0.05) is 6.07 Å². The molecule has 0 saturated carbocycles. The van der Waals surface area contributed by atoms with Crippen LogP contribution in [0.3, 0.4) is 0 Å². The third-order valence-electron chi connectivity index (χ3n) is 5.91. The van der Waals surface area contributed by atoms with Gasteiger partial charge in [0.05, 0.1) is 18.2 Å². The molecule has 0 aromatic carbocycles. The molecule has 2 fully saturated rings. The first kappa shape index (κ1) is 21.2. The summed E-state index contributed by atoms with van der Waals surface area (Å²) in [7, 11) is 0. The van der Waals surface area contributed by atoms with E-state index >= 15 is 0 Å². The average molecular weight is 402 g/mol. The van der Waals surface area contributed by atoms with Crippen LogP contribution in [0.2, 0.25) is 0 Å². The van der Waals surface area contributed by atoms with Crippen LogP contribution >= 0.6 is 0 Å². The summed E-state index contributed by atoms with van der Waals surface area (Å²) in [5.41, 5.74) is 5.99. The number of hydrogen-bond acceptors (Lipinski definition) is 5. The van der Waals surface area contributed by atoms with Gasteiger partial charge in [-0.05, 0) is 44.4 Å². The first-order valence-electron chi connectivity index (χ1n) is 10.5. The van der Waals surface area contributed by atoms with Gasteiger partial charge in [-0.2, -0.15) is 0 Å². The van der Waals surface area contributed by atoms with E-state index in [1.807, 2.05) is 23.1 Å². The molecule has 1 atom stereocenters. The lowest BCUT2D eigenvalue weighted by atomic mass is 9.93. The maximum Gasteiger partial charge on any atom is 0.224 e. The van der Waals surface area contributed by atoms with Gasteiger partial charge < -0.3 is 16.0 Å². The number of nitrogens with two attached hydrogens (primary N) is 1. The van der Waals surface area contributed by atoms with Crippen LogP contribution in [-0.4, -0.2) is 64.7 Å². The molecule has 0 aliphatic carbocycles. The van der Waals surface area contributed by atoms with Gasteiger partial charge in [-0.3, -0.25) is 24.3 Å². The van der Waals surface area contributed by atoms with Crippen LogP contribution in [0, 0.1) is 5.92 Å². The van der Waals surface area contributed by atoms with Crippen molar-refractivity contribution >= 4 is 17.7 Å². The summed E-state index contributed by atoms with van der Waals surface area (Å²) >= 11 is 0. The number of likely N-dealkylation sites (tertiary alicyclic amines) is 2. The molecule has 8 heteroatoms. The summed E-state index contributed by atoms with van der Waals surface area (Å²) < 4.78 is 0. The maximum atomic E-state index is 12.6. The van der Waals surface area contributed by atoms with Crippen LogP contribution in [0.15, 0.2) is 24.4 Å². The van der Waals surface area contributed by atoms with E-state index in [-0.39, 0.29) is 30.6 Å². The van der Waals surface area contributed by atoms with Gasteiger partial charge in [0.2, 0.25) is 17.7 Å². The van der Waals surface area contributed by atoms with Crippen molar-refractivity contribution in [1.29, 1.82) is 0 Å². The number of nitrogens with zero attached hydrogens (tertiary/aromatic N) is 3. The van der Waals surface area contributed by atoms with Gasteiger partial charge in [-0.25, -0.2) is 0 Å². The summed E-state index contributed by atoms with van der Waals surface area (Å²) in [6.45, 7) is 3.64. The summed E-state index contributed by atoms with van der Waals surface area (Å²) in [6.07, 6.45) is 5.78. The number of rotatable bonds is 7. The van der Waals surface area contributed by atoms with Crippen LogP contribution in [0.5, 0.6) is 0 Å². The Morgan fingerprint density at radius 2 is 1.90 bits per heavy atom. The summed E-state index contributed by atoms with van der Waals surface area (Å²) in [4.78, 5) is 44.1. The molecule has 29 heavy (non-hydrogen) atoms. The van der Waals surface area contributed by atoms with Crippen molar-refractivity contribution in [3.8, 4) is 0 Å². The molecular weight excluding hydrogens is 370 g/mol. The van der Waals surface area contributed by atoms with Gasteiger partial charge in [0.1, 0.15) is 0 Å². The van der Waals surface area contributed by atoms with Crippen molar-refractivity contribution < 1.29 is 14.4 Å². The predicted molar refractivity (Wildman–Crippen MR) is 108 cm³/mol. The van der Waals surface area contributed by atoms with E-state index in [1.54, 1.807) is 6.20 Å². The minimum atomic E-state index is -0.436. The minimum absolute atomic E-state index is 0.00249. The first-order chi connectivity index (χ1) is 14.0. The minimum Gasteiger partial charge on any atom is -0.370 e. The average Bonchev–Trinajstić information content (AvgIpc) is 2.76. The third kappa shape index (κ3) is 6.25. The highest BCUT2D eigenvalue weighted by atomic mass is 16.2. The lowest BCUT2D eigenvalue weighted by Gasteiger charge is -2.42. The molecule has 158 valence electrons. The molecule has 2 aliphatic heterocycles. The van der Waals surface area contributed by atoms with Crippen molar-refractivity contribution in [1.82, 2.24) is 20.1 Å². The quantitative estimate of drug-likeness (QED) is 0.698. The number of aromatic nitrogens is 1. The van der Waals surface area contributed by atoms with Crippen LogP contribution < -0.4 is 11.1 Å². The number of primary amides is 1. The second-order valence-corrected chi connectivity index (χ2v) is 7.95. The fourth-order valence-electron chi connectivity index (χ4n) is 4.25. The van der Waals surface area contributed by atoms with Gasteiger partial charge in [0.25, 0.3) is 0 Å². The monoisotopic (exact) mass is 401 g/mol. The van der Waals surface area contributed by atoms with Crippen LogP contribution in [-0.2, 0) is 20.9 Å². The fourth-order valence-corrected chi connectivity index (χ4v) is 4.25. The standard InChI is InChI=1S/C21H31N5O3/c22-19(27)6-7-20(28)25-12-8-18(9-13-25)26-11-3-4-16(15-26)21(29)24-14-17-5-1-2-10-23-17/h1-2,5,10,16,18H,3-4,6-9,11-15H2,(H2,22,27)(H,24,29). The van der Waals surface area contributed by atoms with E-state index in [2.05, 4.69) is 15.2 Å². The summed E-state index contributed by atoms with van der Waals surface area (Å²) in [5, 5.41) is 3.02. The van der Waals surface area contributed by atoms with Crippen molar-refractivity contribution in [2.75, 3.05) is 26.2 Å². The van der Waals surface area contributed by atoms with Crippen LogP contribution in [0.25, 0.3) is 0 Å². The van der Waals surface area contributed by atoms with Crippen molar-refractivity contribution in [2.45, 2.75) is 51.1 Å². The SMILES string of the molecule is NC(=O)CCC(=O)N1CCC(N2CCCC(C(=O)NCc3ccccn3)C2)CC1. The van der Waals surface area contributed by atoms with E-state index < -0.39 is 5.91 Å². The molecule has 0 spiro atoms. The van der Waals surface area contributed by atoms with Crippen molar-refractivity contribution in [3.63, 3.8) is 0 Å². The summed E-state index contributed by atoms with van der Waals surface area (Å²) in [5.74, 6) is -0.330. The van der Waals surface area contributed by atoms with E-state index in [0.29, 0.717) is 25.7 Å². The van der Waals surface area contributed by atoms with E-state index in [9.17, 15) is 14.4 Å². The second-order valence-electron chi connectivity index (χ2n) is 7.95. The van der Waals surface area contributed by atoms with E-state index in [0.717, 1.165) is 44.5 Å². The topological polar surface area (TPSA) is 109 Å². The summed E-state index contributed by atoms with van der Waals surface area (Å²) in [6, 6.07) is 6.09. The molecule has 3 N–H and O–H groups in total. The van der Waals surface area contributed by atoms with E-state index in [4.69, 9.17) is 5.73 Å². The molecule has 2 saturated heterocycles.